The maximum absolute atomic E-state index is 12.5. The van der Waals surface area contributed by atoms with E-state index in [2.05, 4.69) is 10.0 Å². The molecule has 9 heteroatoms. The first-order chi connectivity index (χ1) is 14.5. The molecule has 1 saturated heterocycles. The Morgan fingerprint density at radius 2 is 1.83 bits per heavy atom. The summed E-state index contributed by atoms with van der Waals surface area (Å²) >= 11 is 0. The van der Waals surface area contributed by atoms with Crippen molar-refractivity contribution < 1.29 is 27.4 Å². The number of hydrogen-bond donors (Lipinski definition) is 2. The second-order valence-electron chi connectivity index (χ2n) is 7.14. The highest BCUT2D eigenvalue weighted by Gasteiger charge is 2.21. The highest BCUT2D eigenvalue weighted by atomic mass is 32.2. The molecular weight excluding hydrogens is 408 g/mol. The van der Waals surface area contributed by atoms with Gasteiger partial charge in [-0.2, -0.15) is 0 Å². The molecule has 2 aliphatic rings. The van der Waals surface area contributed by atoms with Crippen molar-refractivity contribution in [2.45, 2.75) is 30.4 Å². The fourth-order valence-corrected chi connectivity index (χ4v) is 4.49. The van der Waals surface area contributed by atoms with Crippen LogP contribution in [0.3, 0.4) is 0 Å². The first kappa shape index (κ1) is 20.6. The van der Waals surface area contributed by atoms with Crippen molar-refractivity contribution in [3.63, 3.8) is 0 Å². The number of carbonyl (C=O) groups excluding carboxylic acids is 1. The zero-order chi connectivity index (χ0) is 21.0. The van der Waals surface area contributed by atoms with Crippen LogP contribution in [0, 0.1) is 0 Å². The third-order valence-corrected chi connectivity index (χ3v) is 6.48. The Morgan fingerprint density at radius 1 is 1.03 bits per heavy atom. The number of sulfonamides is 1. The third kappa shape index (κ3) is 4.75. The molecule has 0 radical (unpaired) electrons. The minimum atomic E-state index is -3.65. The third-order valence-electron chi connectivity index (χ3n) is 5.04. The Morgan fingerprint density at radius 3 is 2.60 bits per heavy atom. The Balaban J connectivity index is 1.36. The summed E-state index contributed by atoms with van der Waals surface area (Å²) < 4.78 is 44.0. The van der Waals surface area contributed by atoms with E-state index >= 15 is 0 Å². The number of hydrogen-bond acceptors (Lipinski definition) is 6. The van der Waals surface area contributed by atoms with Gasteiger partial charge in [0.15, 0.2) is 11.5 Å². The number of ether oxygens (including phenoxy) is 3. The molecule has 4 rings (SSSR count). The smallest absolute Gasteiger partial charge is 0.251 e. The maximum atomic E-state index is 12.5. The van der Waals surface area contributed by atoms with Gasteiger partial charge < -0.3 is 19.5 Å². The number of carbonyl (C=O) groups is 1. The van der Waals surface area contributed by atoms with Gasteiger partial charge in [-0.25, -0.2) is 13.1 Å². The molecule has 160 valence electrons. The van der Waals surface area contributed by atoms with Gasteiger partial charge in [0.25, 0.3) is 5.91 Å². The van der Waals surface area contributed by atoms with E-state index in [1.165, 1.54) is 24.3 Å². The van der Waals surface area contributed by atoms with E-state index in [9.17, 15) is 13.2 Å². The van der Waals surface area contributed by atoms with Crippen molar-refractivity contribution in [3.8, 4) is 11.5 Å². The van der Waals surface area contributed by atoms with E-state index in [0.29, 0.717) is 36.9 Å². The van der Waals surface area contributed by atoms with Gasteiger partial charge in [0.1, 0.15) is 13.2 Å². The van der Waals surface area contributed by atoms with Crippen molar-refractivity contribution in [2.24, 2.45) is 0 Å². The molecule has 0 aromatic heterocycles. The summed E-state index contributed by atoms with van der Waals surface area (Å²) in [7, 11) is -3.65. The van der Waals surface area contributed by atoms with Gasteiger partial charge in [-0.1, -0.05) is 12.1 Å². The van der Waals surface area contributed by atoms with Crippen LogP contribution in [0.1, 0.15) is 28.8 Å². The predicted molar refractivity (Wildman–Crippen MR) is 109 cm³/mol. The van der Waals surface area contributed by atoms with Crippen LogP contribution in [-0.4, -0.2) is 46.8 Å². The van der Waals surface area contributed by atoms with Crippen LogP contribution in [0.5, 0.6) is 11.5 Å². The summed E-state index contributed by atoms with van der Waals surface area (Å²) in [5.41, 5.74) is 1.19. The number of fused-ring (bicyclic) bond motifs is 1. The minimum Gasteiger partial charge on any atom is -0.486 e. The predicted octanol–water partition coefficient (Wildman–Crippen LogP) is 1.85. The fraction of sp³-hybridized carbons (Fsp3) is 0.381. The van der Waals surface area contributed by atoms with Crippen molar-refractivity contribution in [1.29, 1.82) is 0 Å². The number of para-hydroxylation sites is 1. The average Bonchev–Trinajstić information content (AvgIpc) is 3.30. The molecular formula is C21H24N2O6S. The van der Waals surface area contributed by atoms with Gasteiger partial charge in [-0.15, -0.1) is 0 Å². The first-order valence-corrected chi connectivity index (χ1v) is 11.4. The number of amides is 1. The van der Waals surface area contributed by atoms with Gasteiger partial charge in [-0.3, -0.25) is 4.79 Å². The molecule has 2 aliphatic heterocycles. The average molecular weight is 432 g/mol. The topological polar surface area (TPSA) is 103 Å². The van der Waals surface area contributed by atoms with Gasteiger partial charge in [0.2, 0.25) is 10.0 Å². The highest BCUT2D eigenvalue weighted by Crippen LogP contribution is 2.33. The fourth-order valence-electron chi connectivity index (χ4n) is 3.43. The van der Waals surface area contributed by atoms with Crippen LogP contribution in [0.15, 0.2) is 47.4 Å². The van der Waals surface area contributed by atoms with Gasteiger partial charge >= 0.3 is 0 Å². The molecule has 1 unspecified atom stereocenters. The number of rotatable bonds is 7. The molecule has 1 fully saturated rings. The van der Waals surface area contributed by atoms with Crippen molar-refractivity contribution in [1.82, 2.24) is 10.0 Å². The molecule has 30 heavy (non-hydrogen) atoms. The largest absolute Gasteiger partial charge is 0.486 e. The van der Waals surface area contributed by atoms with Crippen LogP contribution in [0.4, 0.5) is 0 Å². The summed E-state index contributed by atoms with van der Waals surface area (Å²) in [4.78, 5) is 12.6. The molecule has 2 aromatic carbocycles. The molecule has 0 aliphatic carbocycles. The molecule has 1 atom stereocenters. The Kier molecular flexibility index (Phi) is 6.21. The summed E-state index contributed by atoms with van der Waals surface area (Å²) in [6.45, 7) is 2.16. The van der Waals surface area contributed by atoms with E-state index in [1.54, 1.807) is 0 Å². The van der Waals surface area contributed by atoms with Crippen molar-refractivity contribution >= 4 is 15.9 Å². The second kappa shape index (κ2) is 9.03. The van der Waals surface area contributed by atoms with Gasteiger partial charge in [0.05, 0.1) is 11.0 Å². The Hall–Kier alpha value is -2.62. The van der Waals surface area contributed by atoms with E-state index < -0.39 is 10.0 Å². The molecule has 2 heterocycles. The molecule has 2 aromatic rings. The van der Waals surface area contributed by atoms with Crippen LogP contribution < -0.4 is 19.5 Å². The van der Waals surface area contributed by atoms with Crippen LogP contribution in [0.2, 0.25) is 0 Å². The maximum Gasteiger partial charge on any atom is 0.251 e. The lowest BCUT2D eigenvalue weighted by molar-refractivity contribution is 0.0949. The van der Waals surface area contributed by atoms with Crippen LogP contribution >= 0.6 is 0 Å². The van der Waals surface area contributed by atoms with Gasteiger partial charge in [-0.05, 0) is 43.2 Å². The highest BCUT2D eigenvalue weighted by molar-refractivity contribution is 7.89. The molecule has 2 N–H and O–H groups in total. The summed E-state index contributed by atoms with van der Waals surface area (Å²) in [6, 6.07) is 11.4. The molecule has 1 amide bonds. The summed E-state index contributed by atoms with van der Waals surface area (Å²) in [6.07, 6.45) is 1.72. The zero-order valence-electron chi connectivity index (χ0n) is 16.4. The monoisotopic (exact) mass is 432 g/mol. The zero-order valence-corrected chi connectivity index (χ0v) is 17.2. The van der Waals surface area contributed by atoms with E-state index in [0.717, 1.165) is 18.4 Å². The van der Waals surface area contributed by atoms with E-state index in [-0.39, 0.29) is 30.0 Å². The summed E-state index contributed by atoms with van der Waals surface area (Å²) in [5.74, 6) is 1.00. The number of benzene rings is 2. The lowest BCUT2D eigenvalue weighted by Gasteiger charge is -2.21. The van der Waals surface area contributed by atoms with Crippen LogP contribution in [0.25, 0.3) is 0 Å². The lowest BCUT2D eigenvalue weighted by atomic mass is 10.1. The molecule has 0 bridgehead atoms. The Bertz CT molecular complexity index is 1000. The van der Waals surface area contributed by atoms with Crippen molar-refractivity contribution in [3.05, 3.63) is 53.6 Å². The normalized spacial score (nSPS) is 18.2. The summed E-state index contributed by atoms with van der Waals surface area (Å²) in [5, 5.41) is 2.83. The van der Waals surface area contributed by atoms with Gasteiger partial charge in [0, 0.05) is 30.8 Å². The van der Waals surface area contributed by atoms with E-state index in [4.69, 9.17) is 14.2 Å². The number of nitrogens with one attached hydrogen (secondary N) is 2. The lowest BCUT2D eigenvalue weighted by Crippen LogP contribution is -2.31. The quantitative estimate of drug-likeness (QED) is 0.692. The van der Waals surface area contributed by atoms with Crippen LogP contribution in [-0.2, 0) is 21.3 Å². The molecule has 0 spiro atoms. The van der Waals surface area contributed by atoms with Crippen molar-refractivity contribution in [2.75, 3.05) is 26.4 Å². The standard InChI is InChI=1S/C21H24N2O6S/c24-21(22-13-16-3-1-5-19-20(16)29-12-11-28-19)15-6-8-18(9-7-15)30(25,26)23-14-17-4-2-10-27-17/h1,3,5-9,17,23H,2,4,10-14H2,(H,22,24). The molecule has 8 nitrogen and oxygen atoms in total. The molecule has 0 saturated carbocycles. The first-order valence-electron chi connectivity index (χ1n) is 9.90. The SMILES string of the molecule is O=C(NCc1cccc2c1OCCO2)c1ccc(S(=O)(=O)NCC2CCCO2)cc1. The second-order valence-corrected chi connectivity index (χ2v) is 8.90. The minimum absolute atomic E-state index is 0.0806. The Labute approximate surface area is 175 Å². The van der Waals surface area contributed by atoms with E-state index in [1.807, 2.05) is 18.2 Å².